The minimum Gasteiger partial charge on any atom is -0.476 e. The quantitative estimate of drug-likeness (QED) is 0.516. The van der Waals surface area contributed by atoms with Crippen LogP contribution in [-0.4, -0.2) is 29.1 Å². The number of nitrogens with zero attached hydrogens (tertiary/aromatic N) is 2. The Bertz CT molecular complexity index is 924. The molecular weight excluding hydrogens is 389 g/mol. The first kappa shape index (κ1) is 21.9. The van der Waals surface area contributed by atoms with Crippen molar-refractivity contribution in [2.45, 2.75) is 26.6 Å². The molecule has 0 saturated carbocycles. The number of oxime groups is 2. The Balaban J connectivity index is 2.20. The van der Waals surface area contributed by atoms with Gasteiger partial charge in [-0.15, -0.1) is 0 Å². The Morgan fingerprint density at radius 2 is 1.79 bits per heavy atom. The molecule has 0 aliphatic heterocycles. The Morgan fingerprint density at radius 1 is 1.07 bits per heavy atom. The van der Waals surface area contributed by atoms with E-state index < -0.39 is 17.7 Å². The Kier molecular flexibility index (Phi) is 7.35. The summed E-state index contributed by atoms with van der Waals surface area (Å²) >= 11 is 0. The summed E-state index contributed by atoms with van der Waals surface area (Å²) < 4.78 is 38.5. The van der Waals surface area contributed by atoms with Crippen molar-refractivity contribution in [3.8, 4) is 0 Å². The molecule has 0 aromatic heterocycles. The Hall–Kier alpha value is -3.36. The molecule has 1 N–H and O–H groups in total. The van der Waals surface area contributed by atoms with E-state index in [0.717, 1.165) is 12.1 Å². The van der Waals surface area contributed by atoms with Crippen LogP contribution in [0.4, 0.5) is 13.2 Å². The molecule has 0 saturated heterocycles. The monoisotopic (exact) mass is 408 g/mol. The minimum absolute atomic E-state index is 0.106. The van der Waals surface area contributed by atoms with Crippen LogP contribution in [0.1, 0.15) is 36.1 Å². The highest BCUT2D eigenvalue weighted by molar-refractivity contribution is 6.42. The Labute approximate surface area is 165 Å². The van der Waals surface area contributed by atoms with Crippen LogP contribution < -0.4 is 0 Å². The highest BCUT2D eigenvalue weighted by Gasteiger charge is 2.30. The number of hydrogen-bond acceptors (Lipinski definition) is 5. The maximum Gasteiger partial charge on any atom is 0.416 e. The molecule has 0 unspecified atom stereocenters. The summed E-state index contributed by atoms with van der Waals surface area (Å²) in [5.41, 5.74) is 0.208. The number of carbonyl (C=O) groups is 1. The van der Waals surface area contributed by atoms with Crippen LogP contribution in [0.15, 0.2) is 58.8 Å². The molecule has 29 heavy (non-hydrogen) atoms. The first-order chi connectivity index (χ1) is 13.7. The summed E-state index contributed by atoms with van der Waals surface area (Å²) in [7, 11) is 0. The van der Waals surface area contributed by atoms with E-state index in [9.17, 15) is 23.1 Å². The zero-order chi connectivity index (χ0) is 21.4. The number of carboxylic acids is 1. The number of halogens is 3. The lowest BCUT2D eigenvalue weighted by atomic mass is 10.0. The van der Waals surface area contributed by atoms with Crippen molar-refractivity contribution >= 4 is 17.4 Å². The van der Waals surface area contributed by atoms with E-state index in [4.69, 9.17) is 9.68 Å². The van der Waals surface area contributed by atoms with E-state index >= 15 is 0 Å². The van der Waals surface area contributed by atoms with Gasteiger partial charge in [-0.3, -0.25) is 0 Å². The van der Waals surface area contributed by atoms with Gasteiger partial charge in [-0.1, -0.05) is 46.7 Å². The van der Waals surface area contributed by atoms with Crippen LogP contribution in [0, 0.1) is 0 Å². The number of carboxylic acid groups (broad SMARTS) is 1. The van der Waals surface area contributed by atoms with E-state index in [2.05, 4.69) is 10.3 Å². The fraction of sp³-hybridized carbons (Fsp3) is 0.250. The lowest BCUT2D eigenvalue weighted by Crippen LogP contribution is -2.17. The number of rotatable bonds is 8. The molecular formula is C20H19F3N2O4. The molecule has 0 aliphatic rings. The second kappa shape index (κ2) is 9.72. The molecule has 2 aromatic carbocycles. The highest BCUT2D eigenvalue weighted by atomic mass is 19.4. The molecule has 0 radical (unpaired) electrons. The maximum absolute atomic E-state index is 12.8. The highest BCUT2D eigenvalue weighted by Crippen LogP contribution is 2.29. The molecule has 6 nitrogen and oxygen atoms in total. The largest absolute Gasteiger partial charge is 0.476 e. The summed E-state index contributed by atoms with van der Waals surface area (Å²) in [5.74, 6) is -1.27. The third kappa shape index (κ3) is 6.06. The lowest BCUT2D eigenvalue weighted by molar-refractivity contribution is -0.137. The number of aliphatic carboxylic acids is 1. The van der Waals surface area contributed by atoms with Gasteiger partial charge >= 0.3 is 12.1 Å². The third-order valence-corrected chi connectivity index (χ3v) is 3.79. The zero-order valence-electron chi connectivity index (χ0n) is 15.7. The number of benzene rings is 2. The zero-order valence-corrected chi connectivity index (χ0v) is 15.7. The van der Waals surface area contributed by atoms with Crippen molar-refractivity contribution in [2.75, 3.05) is 6.61 Å². The average Bonchev–Trinajstić information content (AvgIpc) is 2.68. The summed E-state index contributed by atoms with van der Waals surface area (Å²) in [6, 6.07) is 11.2. The molecule has 9 heteroatoms. The molecule has 0 fully saturated rings. The van der Waals surface area contributed by atoms with Crippen LogP contribution in [0.2, 0.25) is 0 Å². The molecule has 0 atom stereocenters. The molecule has 2 aromatic rings. The van der Waals surface area contributed by atoms with Crippen LogP contribution in [-0.2, 0) is 27.3 Å². The van der Waals surface area contributed by atoms with Gasteiger partial charge in [0.2, 0.25) is 0 Å². The van der Waals surface area contributed by atoms with E-state index in [1.165, 1.54) is 19.1 Å². The Morgan fingerprint density at radius 3 is 2.45 bits per heavy atom. The van der Waals surface area contributed by atoms with E-state index in [1.807, 2.05) is 0 Å². The molecule has 0 aliphatic carbocycles. The van der Waals surface area contributed by atoms with Crippen molar-refractivity contribution in [3.63, 3.8) is 0 Å². The van der Waals surface area contributed by atoms with Crippen LogP contribution in [0.5, 0.6) is 0 Å². The van der Waals surface area contributed by atoms with Crippen molar-refractivity contribution < 1.29 is 32.7 Å². The van der Waals surface area contributed by atoms with Gasteiger partial charge in [-0.2, -0.15) is 13.2 Å². The van der Waals surface area contributed by atoms with Gasteiger partial charge in [0.25, 0.3) is 0 Å². The first-order valence-corrected chi connectivity index (χ1v) is 8.59. The molecule has 0 heterocycles. The van der Waals surface area contributed by atoms with Crippen LogP contribution in [0.25, 0.3) is 0 Å². The fourth-order valence-corrected chi connectivity index (χ4v) is 2.38. The van der Waals surface area contributed by atoms with Gasteiger partial charge in [0.15, 0.2) is 5.71 Å². The van der Waals surface area contributed by atoms with Crippen LogP contribution >= 0.6 is 0 Å². The van der Waals surface area contributed by atoms with Crippen molar-refractivity contribution in [3.05, 3.63) is 70.8 Å². The minimum atomic E-state index is -4.46. The number of alkyl halides is 3. The average molecular weight is 408 g/mol. The van der Waals surface area contributed by atoms with E-state index in [1.54, 1.807) is 31.2 Å². The molecule has 0 amide bonds. The van der Waals surface area contributed by atoms with Gasteiger partial charge in [0.05, 0.1) is 11.3 Å². The predicted molar refractivity (Wildman–Crippen MR) is 101 cm³/mol. The molecule has 0 spiro atoms. The topological polar surface area (TPSA) is 80.5 Å². The maximum atomic E-state index is 12.8. The van der Waals surface area contributed by atoms with E-state index in [-0.39, 0.29) is 30.2 Å². The second-order valence-electron chi connectivity index (χ2n) is 5.85. The standard InChI is InChI=1S/C20H19F3N2O4/c1-3-28-25-18(19(26)27)17-10-5-4-7-15(17)12-29-24-13(2)14-8-6-9-16(11-14)20(21,22)23/h4-11H,3,12H2,1-2H3,(H,26,27)/b24-13+,25-18-. The smallest absolute Gasteiger partial charge is 0.416 e. The fourth-order valence-electron chi connectivity index (χ4n) is 2.38. The summed E-state index contributed by atoms with van der Waals surface area (Å²) in [6.45, 7) is 3.28. The lowest BCUT2D eigenvalue weighted by Gasteiger charge is -2.10. The van der Waals surface area contributed by atoms with Gasteiger partial charge in [0, 0.05) is 11.1 Å². The van der Waals surface area contributed by atoms with Gasteiger partial charge in [-0.05, 0) is 31.5 Å². The van der Waals surface area contributed by atoms with Gasteiger partial charge in [0.1, 0.15) is 13.2 Å². The van der Waals surface area contributed by atoms with Gasteiger partial charge in [-0.25, -0.2) is 4.79 Å². The second-order valence-corrected chi connectivity index (χ2v) is 5.85. The summed E-state index contributed by atoms with van der Waals surface area (Å²) in [6.07, 6.45) is -4.46. The third-order valence-electron chi connectivity index (χ3n) is 3.79. The molecule has 154 valence electrons. The molecule has 0 bridgehead atoms. The molecule has 2 rings (SSSR count). The van der Waals surface area contributed by atoms with Crippen molar-refractivity contribution in [2.24, 2.45) is 10.3 Å². The SMILES string of the molecule is CCO/N=C(\C(=O)O)c1ccccc1CO/N=C(\C)c1cccc(C(F)(F)F)c1. The van der Waals surface area contributed by atoms with E-state index in [0.29, 0.717) is 11.1 Å². The summed E-state index contributed by atoms with van der Waals surface area (Å²) in [5, 5.41) is 16.8. The van der Waals surface area contributed by atoms with Crippen molar-refractivity contribution in [1.82, 2.24) is 0 Å². The summed E-state index contributed by atoms with van der Waals surface area (Å²) in [4.78, 5) is 21.6. The van der Waals surface area contributed by atoms with Crippen LogP contribution in [0.3, 0.4) is 0 Å². The van der Waals surface area contributed by atoms with Crippen molar-refractivity contribution in [1.29, 1.82) is 0 Å². The normalized spacial score (nSPS) is 12.6. The van der Waals surface area contributed by atoms with Gasteiger partial charge < -0.3 is 14.8 Å². The predicted octanol–water partition coefficient (Wildman–Crippen LogP) is 4.47. The first-order valence-electron chi connectivity index (χ1n) is 8.59. The number of hydrogen-bond donors (Lipinski definition) is 1.